The summed E-state index contributed by atoms with van der Waals surface area (Å²) in [4.78, 5) is 29.5. The second-order valence-electron chi connectivity index (χ2n) is 7.10. The molecule has 0 aliphatic carbocycles. The van der Waals surface area contributed by atoms with Gasteiger partial charge in [-0.25, -0.2) is 15.0 Å². The SMILES string of the molecule is Cc1nc(NCCN2CCCC2=O)cc(-c2ccnc(N3CCOCC3)c2)n1. The van der Waals surface area contributed by atoms with E-state index in [1.165, 1.54) is 0 Å². The van der Waals surface area contributed by atoms with Crippen LogP contribution in [0.15, 0.2) is 24.4 Å². The fourth-order valence-electron chi connectivity index (χ4n) is 3.61. The van der Waals surface area contributed by atoms with Crippen molar-refractivity contribution in [3.05, 3.63) is 30.2 Å². The molecular weight excluding hydrogens is 356 g/mol. The van der Waals surface area contributed by atoms with Crippen LogP contribution >= 0.6 is 0 Å². The molecule has 0 spiro atoms. The van der Waals surface area contributed by atoms with Gasteiger partial charge in [-0.05, 0) is 25.5 Å². The Bertz CT molecular complexity index is 837. The lowest BCUT2D eigenvalue weighted by atomic mass is 10.1. The topological polar surface area (TPSA) is 83.5 Å². The number of hydrogen-bond acceptors (Lipinski definition) is 7. The average molecular weight is 382 g/mol. The van der Waals surface area contributed by atoms with E-state index in [0.717, 1.165) is 62.2 Å². The van der Waals surface area contributed by atoms with E-state index in [2.05, 4.69) is 31.2 Å². The van der Waals surface area contributed by atoms with E-state index >= 15 is 0 Å². The van der Waals surface area contributed by atoms with Crippen LogP contribution in [0.1, 0.15) is 18.7 Å². The second-order valence-corrected chi connectivity index (χ2v) is 7.10. The van der Waals surface area contributed by atoms with Gasteiger partial charge in [0.15, 0.2) is 0 Å². The molecule has 0 bridgehead atoms. The summed E-state index contributed by atoms with van der Waals surface area (Å²) in [5.41, 5.74) is 1.88. The van der Waals surface area contributed by atoms with Crippen LogP contribution in [0.2, 0.25) is 0 Å². The molecule has 0 saturated carbocycles. The van der Waals surface area contributed by atoms with Crippen LogP contribution in [-0.4, -0.2) is 71.7 Å². The van der Waals surface area contributed by atoms with Gasteiger partial charge < -0.3 is 19.9 Å². The summed E-state index contributed by atoms with van der Waals surface area (Å²) in [5.74, 6) is 2.67. The smallest absolute Gasteiger partial charge is 0.222 e. The lowest BCUT2D eigenvalue weighted by Crippen LogP contribution is -2.36. The third kappa shape index (κ3) is 4.39. The summed E-state index contributed by atoms with van der Waals surface area (Å²) in [6.07, 6.45) is 3.46. The minimum Gasteiger partial charge on any atom is -0.378 e. The number of likely N-dealkylation sites (tertiary alicyclic amines) is 1. The van der Waals surface area contributed by atoms with E-state index in [0.29, 0.717) is 25.3 Å². The minimum absolute atomic E-state index is 0.244. The van der Waals surface area contributed by atoms with Crippen molar-refractivity contribution in [2.24, 2.45) is 0 Å². The molecule has 4 rings (SSSR count). The number of aromatic nitrogens is 3. The summed E-state index contributed by atoms with van der Waals surface area (Å²) in [5, 5.41) is 3.33. The molecule has 2 aromatic heterocycles. The fourth-order valence-corrected chi connectivity index (χ4v) is 3.61. The summed E-state index contributed by atoms with van der Waals surface area (Å²) in [7, 11) is 0. The van der Waals surface area contributed by atoms with Crippen LogP contribution in [0.25, 0.3) is 11.3 Å². The summed E-state index contributed by atoms with van der Waals surface area (Å²) < 4.78 is 5.43. The Morgan fingerprint density at radius 1 is 1.18 bits per heavy atom. The van der Waals surface area contributed by atoms with Crippen molar-refractivity contribution in [1.82, 2.24) is 19.9 Å². The Balaban J connectivity index is 1.46. The predicted molar refractivity (Wildman–Crippen MR) is 107 cm³/mol. The molecule has 2 saturated heterocycles. The van der Waals surface area contributed by atoms with Crippen molar-refractivity contribution in [3.8, 4) is 11.3 Å². The van der Waals surface area contributed by atoms with E-state index in [9.17, 15) is 4.79 Å². The number of pyridine rings is 1. The van der Waals surface area contributed by atoms with E-state index in [4.69, 9.17) is 4.74 Å². The number of rotatable bonds is 6. The van der Waals surface area contributed by atoms with Gasteiger partial charge in [0.05, 0.1) is 18.9 Å². The molecule has 1 amide bonds. The average Bonchev–Trinajstić information content (AvgIpc) is 3.13. The Morgan fingerprint density at radius 3 is 2.82 bits per heavy atom. The lowest BCUT2D eigenvalue weighted by molar-refractivity contribution is -0.127. The van der Waals surface area contributed by atoms with Crippen LogP contribution in [0.4, 0.5) is 11.6 Å². The molecule has 0 atom stereocenters. The number of nitrogens with one attached hydrogen (secondary N) is 1. The van der Waals surface area contributed by atoms with Crippen LogP contribution in [0.5, 0.6) is 0 Å². The number of carbonyl (C=O) groups is 1. The van der Waals surface area contributed by atoms with Gasteiger partial charge in [-0.1, -0.05) is 0 Å². The molecule has 0 radical (unpaired) electrons. The van der Waals surface area contributed by atoms with Crippen molar-refractivity contribution >= 4 is 17.5 Å². The molecule has 2 fully saturated rings. The summed E-state index contributed by atoms with van der Waals surface area (Å²) >= 11 is 0. The van der Waals surface area contributed by atoms with Crippen molar-refractivity contribution < 1.29 is 9.53 Å². The zero-order chi connectivity index (χ0) is 19.3. The Morgan fingerprint density at radius 2 is 2.04 bits per heavy atom. The third-order valence-electron chi connectivity index (χ3n) is 5.07. The van der Waals surface area contributed by atoms with Gasteiger partial charge in [-0.2, -0.15) is 0 Å². The molecular formula is C20H26N6O2. The number of amides is 1. The molecule has 2 aliphatic heterocycles. The van der Waals surface area contributed by atoms with E-state index in [1.807, 2.05) is 30.2 Å². The fraction of sp³-hybridized carbons (Fsp3) is 0.500. The maximum Gasteiger partial charge on any atom is 0.222 e. The number of nitrogens with zero attached hydrogens (tertiary/aromatic N) is 5. The molecule has 2 aromatic rings. The van der Waals surface area contributed by atoms with Crippen molar-refractivity contribution in [2.75, 3.05) is 56.2 Å². The molecule has 1 N–H and O–H groups in total. The van der Waals surface area contributed by atoms with Crippen LogP contribution in [-0.2, 0) is 9.53 Å². The van der Waals surface area contributed by atoms with E-state index in [1.54, 1.807) is 0 Å². The largest absolute Gasteiger partial charge is 0.378 e. The van der Waals surface area contributed by atoms with Gasteiger partial charge in [0, 0.05) is 57.0 Å². The third-order valence-corrected chi connectivity index (χ3v) is 5.07. The van der Waals surface area contributed by atoms with Gasteiger partial charge in [-0.3, -0.25) is 4.79 Å². The summed E-state index contributed by atoms with van der Waals surface area (Å²) in [6, 6.07) is 6.00. The normalized spacial score (nSPS) is 17.2. The van der Waals surface area contributed by atoms with Gasteiger partial charge in [0.1, 0.15) is 17.5 Å². The zero-order valence-corrected chi connectivity index (χ0v) is 16.2. The molecule has 148 valence electrons. The first-order valence-corrected chi connectivity index (χ1v) is 9.85. The Labute approximate surface area is 164 Å². The quantitative estimate of drug-likeness (QED) is 0.814. The first-order chi connectivity index (χ1) is 13.7. The van der Waals surface area contributed by atoms with Crippen LogP contribution in [0, 0.1) is 6.92 Å². The maximum absolute atomic E-state index is 11.7. The molecule has 8 nitrogen and oxygen atoms in total. The number of anilines is 2. The lowest BCUT2D eigenvalue weighted by Gasteiger charge is -2.28. The van der Waals surface area contributed by atoms with Crippen LogP contribution < -0.4 is 10.2 Å². The summed E-state index contributed by atoms with van der Waals surface area (Å²) in [6.45, 7) is 7.28. The zero-order valence-electron chi connectivity index (χ0n) is 16.2. The highest BCUT2D eigenvalue weighted by molar-refractivity contribution is 5.78. The van der Waals surface area contributed by atoms with Gasteiger partial charge in [-0.15, -0.1) is 0 Å². The Kier molecular flexibility index (Phi) is 5.66. The van der Waals surface area contributed by atoms with E-state index < -0.39 is 0 Å². The van der Waals surface area contributed by atoms with Crippen molar-refractivity contribution in [1.29, 1.82) is 0 Å². The monoisotopic (exact) mass is 382 g/mol. The number of morpholine rings is 1. The van der Waals surface area contributed by atoms with Gasteiger partial charge >= 0.3 is 0 Å². The molecule has 0 aromatic carbocycles. The van der Waals surface area contributed by atoms with Crippen molar-refractivity contribution in [2.45, 2.75) is 19.8 Å². The first-order valence-electron chi connectivity index (χ1n) is 9.85. The van der Waals surface area contributed by atoms with Crippen molar-refractivity contribution in [3.63, 3.8) is 0 Å². The van der Waals surface area contributed by atoms with Gasteiger partial charge in [0.2, 0.25) is 5.91 Å². The molecule has 0 unspecified atom stereocenters. The van der Waals surface area contributed by atoms with E-state index in [-0.39, 0.29) is 5.91 Å². The second kappa shape index (κ2) is 8.52. The number of ether oxygens (including phenoxy) is 1. The van der Waals surface area contributed by atoms with Crippen LogP contribution in [0.3, 0.4) is 0 Å². The maximum atomic E-state index is 11.7. The number of carbonyl (C=O) groups excluding carboxylic acids is 1. The highest BCUT2D eigenvalue weighted by atomic mass is 16.5. The molecule has 2 aliphatic rings. The number of aryl methyl sites for hydroxylation is 1. The number of hydrogen-bond donors (Lipinski definition) is 1. The predicted octanol–water partition coefficient (Wildman–Crippen LogP) is 1.72. The Hall–Kier alpha value is -2.74. The first kappa shape index (κ1) is 18.6. The molecule has 8 heteroatoms. The van der Waals surface area contributed by atoms with Gasteiger partial charge in [0.25, 0.3) is 0 Å². The highest BCUT2D eigenvalue weighted by Crippen LogP contribution is 2.24. The minimum atomic E-state index is 0.244. The molecule has 28 heavy (non-hydrogen) atoms. The molecule has 4 heterocycles. The highest BCUT2D eigenvalue weighted by Gasteiger charge is 2.19. The standard InChI is InChI=1S/C20H26N6O2/c1-15-23-17(14-18(24-15)21-6-8-26-7-2-3-20(26)27)16-4-5-22-19(13-16)25-9-11-28-12-10-25/h4-5,13-14H,2-3,6-12H2,1H3,(H,21,23,24).